The van der Waals surface area contributed by atoms with Gasteiger partial charge in [0, 0.05) is 42.4 Å². The van der Waals surface area contributed by atoms with E-state index in [0.717, 1.165) is 36.9 Å². The highest BCUT2D eigenvalue weighted by Crippen LogP contribution is 2.21. The van der Waals surface area contributed by atoms with E-state index in [9.17, 15) is 9.59 Å². The molecule has 1 heterocycles. The van der Waals surface area contributed by atoms with Gasteiger partial charge in [0.1, 0.15) is 0 Å². The van der Waals surface area contributed by atoms with Crippen LogP contribution in [-0.2, 0) is 4.79 Å². The quantitative estimate of drug-likeness (QED) is 0.862. The Morgan fingerprint density at radius 2 is 1.80 bits per heavy atom. The van der Waals surface area contributed by atoms with Gasteiger partial charge >= 0.3 is 6.03 Å². The largest absolute Gasteiger partial charge is 0.369 e. The molecule has 6 nitrogen and oxygen atoms in total. The molecule has 0 spiro atoms. The van der Waals surface area contributed by atoms with Gasteiger partial charge in [0.25, 0.3) is 0 Å². The van der Waals surface area contributed by atoms with Gasteiger partial charge in [-0.25, -0.2) is 4.79 Å². The summed E-state index contributed by atoms with van der Waals surface area (Å²) in [5, 5.41) is 5.87. The van der Waals surface area contributed by atoms with Crippen LogP contribution in [0.1, 0.15) is 27.7 Å². The van der Waals surface area contributed by atoms with Crippen molar-refractivity contribution in [3.05, 3.63) is 29.3 Å². The average molecular weight is 367 g/mol. The molecular weight excluding hydrogens is 340 g/mol. The number of carbonyl (C=O) groups excluding carboxylic acids is 2. The van der Waals surface area contributed by atoms with E-state index in [2.05, 4.69) is 20.4 Å². The molecule has 1 aromatic rings. The van der Waals surface area contributed by atoms with Crippen LogP contribution in [0.5, 0.6) is 0 Å². The van der Waals surface area contributed by atoms with Gasteiger partial charge in [-0.2, -0.15) is 0 Å². The zero-order valence-corrected chi connectivity index (χ0v) is 16.1. The van der Waals surface area contributed by atoms with Crippen molar-refractivity contribution in [1.29, 1.82) is 0 Å². The van der Waals surface area contributed by atoms with Crippen LogP contribution in [0.4, 0.5) is 10.5 Å². The van der Waals surface area contributed by atoms with Crippen molar-refractivity contribution >= 4 is 29.2 Å². The predicted molar refractivity (Wildman–Crippen MR) is 101 cm³/mol. The minimum absolute atomic E-state index is 0.280. The van der Waals surface area contributed by atoms with Gasteiger partial charge in [-0.1, -0.05) is 17.7 Å². The highest BCUT2D eigenvalue weighted by molar-refractivity contribution is 6.30. The molecule has 25 heavy (non-hydrogen) atoms. The van der Waals surface area contributed by atoms with Crippen LogP contribution in [0, 0.1) is 0 Å². The zero-order chi connectivity index (χ0) is 18.6. The number of rotatable bonds is 3. The van der Waals surface area contributed by atoms with Crippen LogP contribution in [0.2, 0.25) is 5.02 Å². The lowest BCUT2D eigenvalue weighted by Crippen LogP contribution is -2.56. The maximum atomic E-state index is 12.3. The van der Waals surface area contributed by atoms with E-state index in [-0.39, 0.29) is 17.5 Å². The normalized spacial score (nSPS) is 17.1. The number of carbonyl (C=O) groups is 2. The summed E-state index contributed by atoms with van der Waals surface area (Å²) in [6.45, 7) is 10.6. The van der Waals surface area contributed by atoms with Crippen LogP contribution >= 0.6 is 11.6 Å². The molecule has 3 amide bonds. The number of hydrogen-bond donors (Lipinski definition) is 2. The maximum Gasteiger partial charge on any atom is 0.321 e. The molecule has 0 saturated carbocycles. The summed E-state index contributed by atoms with van der Waals surface area (Å²) in [6.07, 6.45) is 0. The number of nitrogens with zero attached hydrogens (tertiary/aromatic N) is 2. The van der Waals surface area contributed by atoms with Crippen LogP contribution in [0.15, 0.2) is 24.3 Å². The van der Waals surface area contributed by atoms with Crippen LogP contribution in [-0.4, -0.2) is 54.6 Å². The monoisotopic (exact) mass is 366 g/mol. The topological polar surface area (TPSA) is 64.7 Å². The van der Waals surface area contributed by atoms with E-state index in [1.807, 2.05) is 52.0 Å². The van der Waals surface area contributed by atoms with Crippen LogP contribution in [0.25, 0.3) is 0 Å². The summed E-state index contributed by atoms with van der Waals surface area (Å²) in [7, 11) is 0. The number of piperazine rings is 1. The Bertz CT molecular complexity index is 622. The summed E-state index contributed by atoms with van der Waals surface area (Å²) in [6, 6.07) is 6.97. The first-order valence-corrected chi connectivity index (χ1v) is 8.91. The summed E-state index contributed by atoms with van der Waals surface area (Å²) in [4.78, 5) is 28.5. The van der Waals surface area contributed by atoms with Crippen LogP contribution in [0.3, 0.4) is 0 Å². The molecule has 0 aliphatic carbocycles. The highest BCUT2D eigenvalue weighted by Gasteiger charge is 2.27. The van der Waals surface area contributed by atoms with E-state index in [1.165, 1.54) is 0 Å². The fourth-order valence-electron chi connectivity index (χ4n) is 2.79. The minimum atomic E-state index is -0.457. The van der Waals surface area contributed by atoms with Crippen molar-refractivity contribution in [2.24, 2.45) is 0 Å². The predicted octanol–water partition coefficient (Wildman–Crippen LogP) is 2.47. The van der Waals surface area contributed by atoms with Crippen molar-refractivity contribution in [2.45, 2.75) is 39.3 Å². The number of anilines is 1. The number of halogens is 1. The number of nitrogens with one attached hydrogen (secondary N) is 2. The van der Waals surface area contributed by atoms with E-state index >= 15 is 0 Å². The third-order valence-electron chi connectivity index (χ3n) is 4.14. The maximum absolute atomic E-state index is 12.3. The fraction of sp³-hybridized carbons (Fsp3) is 0.556. The van der Waals surface area contributed by atoms with Gasteiger partial charge in [-0.05, 0) is 45.9 Å². The van der Waals surface area contributed by atoms with E-state index in [4.69, 9.17) is 11.6 Å². The van der Waals surface area contributed by atoms with Crippen molar-refractivity contribution in [1.82, 2.24) is 15.5 Å². The Morgan fingerprint density at radius 3 is 2.36 bits per heavy atom. The van der Waals surface area contributed by atoms with Gasteiger partial charge in [-0.3, -0.25) is 15.0 Å². The number of hydrogen-bond acceptors (Lipinski definition) is 4. The van der Waals surface area contributed by atoms with E-state index in [0.29, 0.717) is 0 Å². The second-order valence-electron chi connectivity index (χ2n) is 7.37. The summed E-state index contributed by atoms with van der Waals surface area (Å²) >= 11 is 6.05. The first-order chi connectivity index (χ1) is 11.7. The second-order valence-corrected chi connectivity index (χ2v) is 7.81. The summed E-state index contributed by atoms with van der Waals surface area (Å²) in [5.74, 6) is -0.280. The molecule has 7 heteroatoms. The molecule has 1 fully saturated rings. The first-order valence-electron chi connectivity index (χ1n) is 8.53. The Balaban J connectivity index is 1.85. The molecule has 0 bridgehead atoms. The lowest BCUT2D eigenvalue weighted by atomic mass is 10.1. The molecule has 2 N–H and O–H groups in total. The Morgan fingerprint density at radius 1 is 1.16 bits per heavy atom. The van der Waals surface area contributed by atoms with Gasteiger partial charge in [0.2, 0.25) is 5.91 Å². The molecule has 0 radical (unpaired) electrons. The van der Waals surface area contributed by atoms with Gasteiger partial charge in [0.05, 0.1) is 6.04 Å². The standard InChI is InChI=1S/C18H27ClN4O2/c1-13(16(24)20-17(25)21-18(2,3)4)22-8-10-23(11-9-22)15-7-5-6-14(19)12-15/h5-7,12-13H,8-11H2,1-4H3,(H2,20,21,24,25)/t13-/m0/s1. The van der Waals surface area contributed by atoms with Crippen molar-refractivity contribution in [3.63, 3.8) is 0 Å². The first kappa shape index (κ1) is 19.5. The third kappa shape index (κ3) is 5.90. The fourth-order valence-corrected chi connectivity index (χ4v) is 2.98. The second kappa shape index (κ2) is 8.06. The summed E-state index contributed by atoms with van der Waals surface area (Å²) < 4.78 is 0. The molecule has 1 aliphatic rings. The molecule has 1 atom stereocenters. The van der Waals surface area contributed by atoms with E-state index in [1.54, 1.807) is 0 Å². The molecule has 1 aliphatic heterocycles. The molecule has 1 saturated heterocycles. The van der Waals surface area contributed by atoms with Gasteiger partial charge in [-0.15, -0.1) is 0 Å². The van der Waals surface area contributed by atoms with Crippen LogP contribution < -0.4 is 15.5 Å². The van der Waals surface area contributed by atoms with Crippen molar-refractivity contribution in [3.8, 4) is 0 Å². The lowest BCUT2D eigenvalue weighted by molar-refractivity contribution is -0.124. The highest BCUT2D eigenvalue weighted by atomic mass is 35.5. The van der Waals surface area contributed by atoms with E-state index < -0.39 is 6.03 Å². The summed E-state index contributed by atoms with van der Waals surface area (Å²) in [5.41, 5.74) is 0.713. The van der Waals surface area contributed by atoms with Gasteiger partial charge in [0.15, 0.2) is 0 Å². The number of amides is 3. The van der Waals surface area contributed by atoms with Gasteiger partial charge < -0.3 is 10.2 Å². The molecule has 1 aromatic carbocycles. The smallest absolute Gasteiger partial charge is 0.321 e. The number of imide groups is 1. The van der Waals surface area contributed by atoms with Crippen molar-refractivity contribution < 1.29 is 9.59 Å². The Kier molecular flexibility index (Phi) is 6.30. The minimum Gasteiger partial charge on any atom is -0.369 e. The SMILES string of the molecule is C[C@@H](C(=O)NC(=O)NC(C)(C)C)N1CCN(c2cccc(Cl)c2)CC1. The molecule has 2 rings (SSSR count). The molecule has 138 valence electrons. The lowest BCUT2D eigenvalue weighted by Gasteiger charge is -2.38. The van der Waals surface area contributed by atoms with Crippen molar-refractivity contribution in [2.75, 3.05) is 31.1 Å². The average Bonchev–Trinajstić information content (AvgIpc) is 2.52. The Labute approximate surface area is 154 Å². The third-order valence-corrected chi connectivity index (χ3v) is 4.38. The number of benzene rings is 1. The molecule has 0 unspecified atom stereocenters. The number of urea groups is 1. The molecule has 0 aromatic heterocycles. The molecular formula is C18H27ClN4O2. The Hall–Kier alpha value is -1.79. The zero-order valence-electron chi connectivity index (χ0n) is 15.3.